The second kappa shape index (κ2) is 6.08. The van der Waals surface area contributed by atoms with Gasteiger partial charge in [-0.2, -0.15) is 0 Å². The lowest BCUT2D eigenvalue weighted by Crippen LogP contribution is -2.26. The van der Waals surface area contributed by atoms with Gasteiger partial charge in [0, 0.05) is 43.2 Å². The van der Waals surface area contributed by atoms with Gasteiger partial charge in [0.1, 0.15) is 22.6 Å². The molecule has 0 aliphatic carbocycles. The van der Waals surface area contributed by atoms with Crippen LogP contribution in [-0.2, 0) is 9.59 Å². The summed E-state index contributed by atoms with van der Waals surface area (Å²) in [7, 11) is 0. The molecular weight excluding hydrogens is 564 g/mol. The summed E-state index contributed by atoms with van der Waals surface area (Å²) in [5, 5.41) is 1.84. The minimum Gasteiger partial charge on any atom is -0.454 e. The van der Waals surface area contributed by atoms with Gasteiger partial charge in [-0.1, -0.05) is 31.9 Å². The highest BCUT2D eigenvalue weighted by molar-refractivity contribution is 9.10. The van der Waals surface area contributed by atoms with Crippen molar-refractivity contribution in [3.8, 4) is 0 Å². The third-order valence-corrected chi connectivity index (χ3v) is 7.65. The lowest BCUT2D eigenvalue weighted by molar-refractivity contribution is -0.122. The number of hydrogen-bond acceptors (Lipinski definition) is 4. The van der Waals surface area contributed by atoms with E-state index < -0.39 is 0 Å². The number of benzene rings is 2. The third kappa shape index (κ3) is 2.11. The van der Waals surface area contributed by atoms with Gasteiger partial charge < -0.3 is 8.83 Å². The summed E-state index contributed by atoms with van der Waals surface area (Å²) < 4.78 is 14.2. The van der Waals surface area contributed by atoms with Crippen molar-refractivity contribution >= 4 is 89.2 Å². The molecule has 4 aliphatic heterocycles. The van der Waals surface area contributed by atoms with Crippen LogP contribution < -0.4 is 0 Å². The molecule has 0 saturated heterocycles. The molecule has 0 saturated carbocycles. The van der Waals surface area contributed by atoms with Gasteiger partial charge in [0.2, 0.25) is 0 Å². The molecule has 2 amide bonds. The predicted octanol–water partition coefficient (Wildman–Crippen LogP) is 6.48. The maximum absolute atomic E-state index is 13.7. The Morgan fingerprint density at radius 3 is 1.53 bits per heavy atom. The summed E-state index contributed by atoms with van der Waals surface area (Å²) in [6, 6.07) is 11.6. The summed E-state index contributed by atoms with van der Waals surface area (Å²) in [5.41, 5.74) is 4.69. The van der Waals surface area contributed by atoms with Crippen molar-refractivity contribution in [1.29, 1.82) is 0 Å². The summed E-state index contributed by atoms with van der Waals surface area (Å²) >= 11 is 6.96. The normalized spacial score (nSPS) is 17.8. The molecule has 0 bridgehead atoms. The van der Waals surface area contributed by atoms with Crippen LogP contribution in [0.3, 0.4) is 0 Å². The third-order valence-electron chi connectivity index (χ3n) is 6.66. The molecular formula is C26H10Br2N2O4. The van der Waals surface area contributed by atoms with E-state index in [9.17, 15) is 9.59 Å². The SMILES string of the molecule is O=C1C2=C3c4oc5cc(Br)ccc5c4C=CN3C(=O)C2=C2c3oc4cc(Br)ccc4c3C=CN12. The zero-order valence-corrected chi connectivity index (χ0v) is 20.2. The number of amides is 2. The molecule has 34 heavy (non-hydrogen) atoms. The number of hydrogen-bond donors (Lipinski definition) is 0. The summed E-state index contributed by atoms with van der Waals surface area (Å²) in [6.07, 6.45) is 7.14. The molecule has 0 fully saturated rings. The Bertz CT molecular complexity index is 1700. The van der Waals surface area contributed by atoms with Gasteiger partial charge in [0.15, 0.2) is 11.5 Å². The van der Waals surface area contributed by atoms with E-state index in [2.05, 4.69) is 31.9 Å². The van der Waals surface area contributed by atoms with Gasteiger partial charge >= 0.3 is 0 Å². The van der Waals surface area contributed by atoms with E-state index in [0.717, 1.165) is 30.8 Å². The molecule has 6 nitrogen and oxygen atoms in total. The van der Waals surface area contributed by atoms with Crippen molar-refractivity contribution in [3.63, 3.8) is 0 Å². The highest BCUT2D eigenvalue weighted by atomic mass is 79.9. The Balaban J connectivity index is 1.44. The fraction of sp³-hybridized carbons (Fsp3) is 0. The van der Waals surface area contributed by atoms with Crippen molar-refractivity contribution in [1.82, 2.24) is 9.80 Å². The van der Waals surface area contributed by atoms with Crippen LogP contribution >= 0.6 is 31.9 Å². The maximum atomic E-state index is 13.7. The minimum atomic E-state index is -0.276. The average molecular weight is 574 g/mol. The first-order chi connectivity index (χ1) is 16.5. The number of furan rings is 2. The Hall–Kier alpha value is -3.62. The second-order valence-corrected chi connectivity index (χ2v) is 10.2. The quantitative estimate of drug-likeness (QED) is 0.241. The van der Waals surface area contributed by atoms with E-state index in [1.807, 2.05) is 48.6 Å². The van der Waals surface area contributed by atoms with Gasteiger partial charge in [-0.05, 0) is 48.6 Å². The monoisotopic (exact) mass is 572 g/mol. The number of fused-ring (bicyclic) bond motifs is 11. The van der Waals surface area contributed by atoms with Crippen molar-refractivity contribution in [2.75, 3.05) is 0 Å². The molecule has 8 rings (SSSR count). The maximum Gasteiger partial charge on any atom is 0.265 e. The zero-order valence-electron chi connectivity index (χ0n) is 17.1. The molecule has 0 unspecified atom stereocenters. The summed E-state index contributed by atoms with van der Waals surface area (Å²) in [4.78, 5) is 30.3. The Morgan fingerprint density at radius 1 is 0.647 bits per heavy atom. The van der Waals surface area contributed by atoms with Gasteiger partial charge in [0.25, 0.3) is 11.8 Å². The van der Waals surface area contributed by atoms with E-state index in [1.165, 1.54) is 9.80 Å². The average Bonchev–Trinajstić information content (AvgIpc) is 3.52. The van der Waals surface area contributed by atoms with Gasteiger partial charge in [-0.15, -0.1) is 0 Å². The number of nitrogens with zero attached hydrogens (tertiary/aromatic N) is 2. The van der Waals surface area contributed by atoms with E-state index in [-0.39, 0.29) is 11.8 Å². The molecule has 2 aromatic heterocycles. The van der Waals surface area contributed by atoms with Crippen molar-refractivity contribution < 1.29 is 18.4 Å². The Morgan fingerprint density at radius 2 is 1.09 bits per heavy atom. The van der Waals surface area contributed by atoms with E-state index in [4.69, 9.17) is 8.83 Å². The molecule has 0 atom stereocenters. The van der Waals surface area contributed by atoms with Crippen LogP contribution in [0.25, 0.3) is 45.5 Å². The van der Waals surface area contributed by atoms with Crippen LogP contribution in [0, 0.1) is 0 Å². The highest BCUT2D eigenvalue weighted by Crippen LogP contribution is 2.52. The molecule has 0 radical (unpaired) electrons. The van der Waals surface area contributed by atoms with E-state index in [1.54, 1.807) is 12.4 Å². The van der Waals surface area contributed by atoms with Crippen LogP contribution in [-0.4, -0.2) is 21.6 Å². The number of carbonyl (C=O) groups is 2. The fourth-order valence-corrected chi connectivity index (χ4v) is 5.91. The summed E-state index contributed by atoms with van der Waals surface area (Å²) in [6.45, 7) is 0. The standard InChI is InChI=1S/C26H10Br2N2O4/c27-11-1-3-13-15-5-7-29-21(23(15)33-17(13)9-11)19-20(26(29)32)22-24-16(6-8-30(22)25(19)31)14-4-2-12(28)10-18(14)34-24/h1-10H. The number of carbonyl (C=O) groups excluding carboxylic acids is 2. The molecule has 0 spiro atoms. The smallest absolute Gasteiger partial charge is 0.265 e. The Kier molecular flexibility index (Phi) is 3.36. The van der Waals surface area contributed by atoms with Crippen LogP contribution in [0.5, 0.6) is 0 Å². The topological polar surface area (TPSA) is 66.9 Å². The van der Waals surface area contributed by atoms with E-state index in [0.29, 0.717) is 45.2 Å². The molecule has 0 N–H and O–H groups in total. The van der Waals surface area contributed by atoms with Crippen LogP contribution in [0.1, 0.15) is 22.6 Å². The minimum absolute atomic E-state index is 0.276. The first kappa shape index (κ1) is 18.8. The molecule has 2 aromatic carbocycles. The van der Waals surface area contributed by atoms with Crippen LogP contribution in [0.2, 0.25) is 0 Å². The van der Waals surface area contributed by atoms with Gasteiger partial charge in [-0.3, -0.25) is 19.4 Å². The lowest BCUT2D eigenvalue weighted by atomic mass is 10.0. The van der Waals surface area contributed by atoms with Gasteiger partial charge in [-0.25, -0.2) is 0 Å². The highest BCUT2D eigenvalue weighted by Gasteiger charge is 2.52. The van der Waals surface area contributed by atoms with Crippen molar-refractivity contribution in [3.05, 3.63) is 91.5 Å². The van der Waals surface area contributed by atoms with Crippen molar-refractivity contribution in [2.24, 2.45) is 0 Å². The molecule has 6 heterocycles. The second-order valence-electron chi connectivity index (χ2n) is 8.40. The Labute approximate surface area is 208 Å². The fourth-order valence-electron chi connectivity index (χ4n) is 5.23. The lowest BCUT2D eigenvalue weighted by Gasteiger charge is -2.23. The molecule has 8 heteroatoms. The van der Waals surface area contributed by atoms with Crippen molar-refractivity contribution in [2.45, 2.75) is 0 Å². The first-order valence-corrected chi connectivity index (χ1v) is 12.1. The molecule has 4 aliphatic rings. The molecule has 4 aromatic rings. The predicted molar refractivity (Wildman–Crippen MR) is 133 cm³/mol. The number of rotatable bonds is 0. The first-order valence-electron chi connectivity index (χ1n) is 10.5. The van der Waals surface area contributed by atoms with Crippen LogP contribution in [0.4, 0.5) is 0 Å². The van der Waals surface area contributed by atoms with Gasteiger partial charge in [0.05, 0.1) is 11.1 Å². The van der Waals surface area contributed by atoms with E-state index >= 15 is 0 Å². The van der Waals surface area contributed by atoms with Crippen LogP contribution in [0.15, 0.2) is 77.7 Å². The largest absolute Gasteiger partial charge is 0.454 e. The zero-order chi connectivity index (χ0) is 22.9. The number of halogens is 2. The molecule has 162 valence electrons. The summed E-state index contributed by atoms with van der Waals surface area (Å²) in [5.74, 6) is 0.477.